The van der Waals surface area contributed by atoms with Gasteiger partial charge in [-0.05, 0) is 24.5 Å². The predicted octanol–water partition coefficient (Wildman–Crippen LogP) is 0.816. The van der Waals surface area contributed by atoms with Gasteiger partial charge in [0.25, 0.3) is 0 Å². The highest BCUT2D eigenvalue weighted by Gasteiger charge is 2.56. The fourth-order valence-electron chi connectivity index (χ4n) is 3.55. The smallest absolute Gasteiger partial charge is 0.313 e. The van der Waals surface area contributed by atoms with Gasteiger partial charge >= 0.3 is 5.97 Å². The van der Waals surface area contributed by atoms with E-state index in [4.69, 9.17) is 14.2 Å². The molecule has 0 saturated carbocycles. The number of methoxy groups -OCH3 is 2. The van der Waals surface area contributed by atoms with E-state index in [1.165, 1.54) is 36.7 Å². The second-order valence-corrected chi connectivity index (χ2v) is 8.25. The first kappa shape index (κ1) is 18.0. The van der Waals surface area contributed by atoms with E-state index in [1.54, 1.807) is 0 Å². The largest absolute Gasteiger partial charge is 0.493 e. The van der Waals surface area contributed by atoms with Gasteiger partial charge in [-0.1, -0.05) is 0 Å². The summed E-state index contributed by atoms with van der Waals surface area (Å²) in [5.41, 5.74) is -1.18. The van der Waals surface area contributed by atoms with Crippen LogP contribution in [0.3, 0.4) is 0 Å². The van der Waals surface area contributed by atoms with Crippen LogP contribution in [0.5, 0.6) is 11.5 Å². The molecule has 2 fully saturated rings. The summed E-state index contributed by atoms with van der Waals surface area (Å²) in [4.78, 5) is 11.9. The third-order valence-corrected chi connectivity index (χ3v) is 6.86. The van der Waals surface area contributed by atoms with E-state index in [1.807, 2.05) is 0 Å². The zero-order chi connectivity index (χ0) is 18.2. The topological polar surface area (TPSA) is 102 Å². The highest BCUT2D eigenvalue weighted by atomic mass is 32.2. The Balaban J connectivity index is 1.95. The van der Waals surface area contributed by atoms with Gasteiger partial charge in [0.2, 0.25) is 10.0 Å². The molecule has 2 saturated heterocycles. The van der Waals surface area contributed by atoms with Crippen molar-refractivity contribution in [3.05, 3.63) is 18.2 Å². The number of hydrogen-bond donors (Lipinski definition) is 1. The number of carbonyl (C=O) groups is 1. The number of benzene rings is 1. The number of nitrogens with zero attached hydrogens (tertiary/aromatic N) is 1. The first-order valence-corrected chi connectivity index (χ1v) is 9.32. The lowest BCUT2D eigenvalue weighted by Crippen LogP contribution is -2.46. The van der Waals surface area contributed by atoms with Crippen LogP contribution in [0, 0.1) is 11.3 Å². The lowest BCUT2D eigenvalue weighted by molar-refractivity contribution is -0.159. The van der Waals surface area contributed by atoms with Crippen molar-refractivity contribution in [1.82, 2.24) is 4.31 Å². The minimum absolute atomic E-state index is 0.0327. The number of hydrogen-bond acceptors (Lipinski definition) is 6. The molecule has 2 heterocycles. The van der Waals surface area contributed by atoms with Crippen molar-refractivity contribution in [3.8, 4) is 11.5 Å². The van der Waals surface area contributed by atoms with E-state index in [-0.39, 0.29) is 30.5 Å². The van der Waals surface area contributed by atoms with Crippen molar-refractivity contribution in [3.63, 3.8) is 0 Å². The molecular formula is C16H21NO7S. The van der Waals surface area contributed by atoms with Crippen molar-refractivity contribution in [1.29, 1.82) is 0 Å². The molecule has 0 aromatic heterocycles. The van der Waals surface area contributed by atoms with Gasteiger partial charge in [0, 0.05) is 25.8 Å². The van der Waals surface area contributed by atoms with Gasteiger partial charge in [0.05, 0.1) is 25.7 Å². The minimum Gasteiger partial charge on any atom is -0.493 e. The zero-order valence-corrected chi connectivity index (χ0v) is 14.9. The number of ether oxygens (including phenoxy) is 3. The Morgan fingerprint density at radius 2 is 2.04 bits per heavy atom. The Bertz CT molecular complexity index is 779. The molecular weight excluding hydrogens is 350 g/mol. The molecule has 0 bridgehead atoms. The molecule has 3 rings (SSSR count). The summed E-state index contributed by atoms with van der Waals surface area (Å²) >= 11 is 0. The standard InChI is InChI=1S/C16H21NO7S/c1-22-13-4-3-12(7-14(13)23-2)25(20,21)17-8-11-5-6-24-10-16(11,9-17)15(18)19/h3-4,7,11H,5-6,8-10H2,1-2H3,(H,18,19)/t11-,16+/m0/s1. The summed E-state index contributed by atoms with van der Waals surface area (Å²) in [7, 11) is -0.955. The molecule has 2 atom stereocenters. The fraction of sp³-hybridized carbons (Fsp3) is 0.562. The molecule has 0 spiro atoms. The molecule has 2 aliphatic rings. The van der Waals surface area contributed by atoms with Crippen LogP contribution in [-0.4, -0.2) is 64.3 Å². The Labute approximate surface area is 146 Å². The van der Waals surface area contributed by atoms with Gasteiger partial charge in [0.1, 0.15) is 5.41 Å². The summed E-state index contributed by atoms with van der Waals surface area (Å²) < 4.78 is 42.9. The van der Waals surface area contributed by atoms with E-state index >= 15 is 0 Å². The second-order valence-electron chi connectivity index (χ2n) is 6.31. The van der Waals surface area contributed by atoms with E-state index in [0.29, 0.717) is 24.5 Å². The first-order valence-electron chi connectivity index (χ1n) is 7.88. The highest BCUT2D eigenvalue weighted by molar-refractivity contribution is 7.89. The average Bonchev–Trinajstić information content (AvgIpc) is 3.03. The molecule has 0 unspecified atom stereocenters. The maximum absolute atomic E-state index is 13.0. The van der Waals surface area contributed by atoms with Crippen molar-refractivity contribution in [2.24, 2.45) is 11.3 Å². The van der Waals surface area contributed by atoms with Gasteiger partial charge in [-0.2, -0.15) is 4.31 Å². The lowest BCUT2D eigenvalue weighted by atomic mass is 9.76. The number of carboxylic acids is 1. The van der Waals surface area contributed by atoms with E-state index in [2.05, 4.69) is 0 Å². The van der Waals surface area contributed by atoms with Gasteiger partial charge in [-0.15, -0.1) is 0 Å². The maximum atomic E-state index is 13.0. The molecule has 8 nitrogen and oxygen atoms in total. The van der Waals surface area contributed by atoms with Crippen LogP contribution in [0.1, 0.15) is 6.42 Å². The van der Waals surface area contributed by atoms with Gasteiger partial charge in [0.15, 0.2) is 11.5 Å². The van der Waals surface area contributed by atoms with Crippen molar-refractivity contribution in [2.75, 3.05) is 40.5 Å². The monoisotopic (exact) mass is 371 g/mol. The molecule has 0 aliphatic carbocycles. The molecule has 1 aromatic carbocycles. The summed E-state index contributed by atoms with van der Waals surface area (Å²) in [5.74, 6) is -0.542. The average molecular weight is 371 g/mol. The van der Waals surface area contributed by atoms with Crippen molar-refractivity contribution >= 4 is 16.0 Å². The van der Waals surface area contributed by atoms with Crippen molar-refractivity contribution in [2.45, 2.75) is 11.3 Å². The van der Waals surface area contributed by atoms with Gasteiger partial charge < -0.3 is 19.3 Å². The second kappa shape index (κ2) is 6.47. The van der Waals surface area contributed by atoms with E-state index in [0.717, 1.165) is 0 Å². The minimum atomic E-state index is -3.85. The first-order chi connectivity index (χ1) is 11.8. The molecule has 25 heavy (non-hydrogen) atoms. The Morgan fingerprint density at radius 1 is 1.32 bits per heavy atom. The third-order valence-electron chi connectivity index (χ3n) is 5.05. The lowest BCUT2D eigenvalue weighted by Gasteiger charge is -2.34. The van der Waals surface area contributed by atoms with Gasteiger partial charge in [-0.25, -0.2) is 8.42 Å². The summed E-state index contributed by atoms with van der Waals surface area (Å²) in [6.07, 6.45) is 0.532. The van der Waals surface area contributed by atoms with E-state index in [9.17, 15) is 18.3 Å². The molecule has 0 radical (unpaired) electrons. The highest BCUT2D eigenvalue weighted by Crippen LogP contribution is 2.44. The van der Waals surface area contributed by atoms with Crippen LogP contribution in [0.15, 0.2) is 23.1 Å². The van der Waals surface area contributed by atoms with E-state index < -0.39 is 21.4 Å². The van der Waals surface area contributed by atoms with Crippen LogP contribution in [0.25, 0.3) is 0 Å². The molecule has 0 amide bonds. The normalized spacial score (nSPS) is 26.9. The Kier molecular flexibility index (Phi) is 4.65. The number of carboxylic acid groups (broad SMARTS) is 1. The zero-order valence-electron chi connectivity index (χ0n) is 14.1. The number of aliphatic carboxylic acids is 1. The van der Waals surface area contributed by atoms with Crippen LogP contribution in [0.4, 0.5) is 0 Å². The molecule has 2 aliphatic heterocycles. The van der Waals surface area contributed by atoms with Crippen LogP contribution < -0.4 is 9.47 Å². The summed E-state index contributed by atoms with van der Waals surface area (Å²) in [5, 5.41) is 9.67. The van der Waals surface area contributed by atoms with Crippen LogP contribution in [0.2, 0.25) is 0 Å². The molecule has 138 valence electrons. The van der Waals surface area contributed by atoms with Crippen LogP contribution in [-0.2, 0) is 19.6 Å². The summed E-state index contributed by atoms with van der Waals surface area (Å²) in [6, 6.07) is 4.34. The third kappa shape index (κ3) is 2.86. The predicted molar refractivity (Wildman–Crippen MR) is 87.3 cm³/mol. The van der Waals surface area contributed by atoms with Gasteiger partial charge in [-0.3, -0.25) is 4.79 Å². The number of rotatable bonds is 5. The Morgan fingerprint density at radius 3 is 2.64 bits per heavy atom. The maximum Gasteiger partial charge on any atom is 0.313 e. The Hall–Kier alpha value is -1.84. The number of fused-ring (bicyclic) bond motifs is 1. The van der Waals surface area contributed by atoms with Crippen LogP contribution >= 0.6 is 0 Å². The quantitative estimate of drug-likeness (QED) is 0.817. The molecule has 9 heteroatoms. The molecule has 1 N–H and O–H groups in total. The SMILES string of the molecule is COc1ccc(S(=O)(=O)N2C[C@@H]3CCOC[C@]3(C(=O)O)C2)cc1OC. The van der Waals surface area contributed by atoms with Crippen molar-refractivity contribution < 1.29 is 32.5 Å². The summed E-state index contributed by atoms with van der Waals surface area (Å²) in [6.45, 7) is 0.560. The number of sulfonamides is 1. The molecule has 1 aromatic rings. The fourth-order valence-corrected chi connectivity index (χ4v) is 5.12.